The highest BCUT2D eigenvalue weighted by atomic mass is 31.1. The zero-order valence-electron chi connectivity index (χ0n) is 7.53. The fraction of sp³-hybridized carbons (Fsp3) is 0.750. The lowest BCUT2D eigenvalue weighted by Crippen LogP contribution is -2.04. The van der Waals surface area contributed by atoms with Gasteiger partial charge in [-0.2, -0.15) is 4.89 Å². The highest BCUT2D eigenvalue weighted by Gasteiger charge is 2.28. The van der Waals surface area contributed by atoms with Gasteiger partial charge in [0.05, 0.1) is 0 Å². The van der Waals surface area contributed by atoms with Crippen molar-refractivity contribution in [1.29, 1.82) is 0 Å². The molecule has 0 aromatic rings. The molecule has 0 saturated carbocycles. The second-order valence-electron chi connectivity index (χ2n) is 2.60. The summed E-state index contributed by atoms with van der Waals surface area (Å²) < 4.78 is 10.5. The Kier molecular flexibility index (Phi) is 6.17. The number of allylic oxidation sites excluding steroid dienone is 1. The first-order valence-electron chi connectivity index (χ1n) is 4.15. The number of hydrogen-bond acceptors (Lipinski definition) is 2. The smallest absolute Gasteiger partial charge is 0.345 e. The zero-order valence-corrected chi connectivity index (χ0v) is 8.42. The van der Waals surface area contributed by atoms with E-state index in [1.807, 2.05) is 19.9 Å². The Balaban J connectivity index is 4.22. The minimum Gasteiger partial charge on any atom is -0.345 e. The van der Waals surface area contributed by atoms with Crippen LogP contribution in [0.15, 0.2) is 11.6 Å². The van der Waals surface area contributed by atoms with Crippen molar-refractivity contribution in [3.05, 3.63) is 11.6 Å². The molecule has 2 N–H and O–H groups in total. The molecule has 0 aliphatic carbocycles. The van der Waals surface area contributed by atoms with Crippen molar-refractivity contribution < 1.29 is 14.6 Å². The van der Waals surface area contributed by atoms with Gasteiger partial charge in [-0.05, 0) is 17.4 Å². The molecule has 2 unspecified atom stereocenters. The monoisotopic (exact) mass is 191 g/mol. The van der Waals surface area contributed by atoms with E-state index in [0.717, 1.165) is 12.8 Å². The minimum atomic E-state index is -2.49. The molecule has 0 radical (unpaired) electrons. The third-order valence-electron chi connectivity index (χ3n) is 1.64. The molecule has 12 heavy (non-hydrogen) atoms. The van der Waals surface area contributed by atoms with Gasteiger partial charge in [0.25, 0.3) is 0 Å². The van der Waals surface area contributed by atoms with Crippen molar-refractivity contribution in [2.45, 2.75) is 39.0 Å². The number of aliphatic hydroxyl groups is 1. The van der Waals surface area contributed by atoms with E-state index in [-0.39, 0.29) is 0 Å². The lowest BCUT2D eigenvalue weighted by atomic mass is 10.1. The Hall–Kier alpha value is -0.240. The molecule has 0 rings (SSSR count). The predicted molar refractivity (Wildman–Crippen MR) is 49.1 cm³/mol. The highest BCUT2D eigenvalue weighted by Crippen LogP contribution is 2.28. The summed E-state index contributed by atoms with van der Waals surface area (Å²) in [6.07, 6.45) is 4.30. The molecule has 0 aromatic heterocycles. The summed E-state index contributed by atoms with van der Waals surface area (Å²) in [5, 5.41) is 9.21. The number of unbranched alkanes of at least 4 members (excludes halogenated alkanes) is 1. The summed E-state index contributed by atoms with van der Waals surface area (Å²) in [5.41, 5.74) is 0.667. The minimum absolute atomic E-state index is 0.628. The fourth-order valence-corrected chi connectivity index (χ4v) is 1.48. The molecule has 0 saturated heterocycles. The number of rotatable bonds is 5. The van der Waals surface area contributed by atoms with Crippen molar-refractivity contribution in [1.82, 2.24) is 0 Å². The van der Waals surface area contributed by atoms with Gasteiger partial charge in [-0.15, -0.1) is 0 Å². The molecule has 0 fully saturated rings. The van der Waals surface area contributed by atoms with E-state index in [4.69, 9.17) is 4.89 Å². The Bertz CT molecular complexity index is 177. The van der Waals surface area contributed by atoms with Crippen LogP contribution in [0, 0.1) is 0 Å². The SMILES string of the molecule is CCCC=C(CC)C(O)[P+](=O)O. The van der Waals surface area contributed by atoms with Crippen molar-refractivity contribution in [2.75, 3.05) is 0 Å². The van der Waals surface area contributed by atoms with Gasteiger partial charge in [0.15, 0.2) is 0 Å². The van der Waals surface area contributed by atoms with Crippen LogP contribution in [0.1, 0.15) is 33.1 Å². The molecular formula is C8H16O3P+. The number of hydrogen-bond donors (Lipinski definition) is 2. The lowest BCUT2D eigenvalue weighted by molar-refractivity contribution is 0.266. The average molecular weight is 191 g/mol. The van der Waals surface area contributed by atoms with Crippen LogP contribution in [-0.2, 0) is 4.57 Å². The third kappa shape index (κ3) is 3.96. The quantitative estimate of drug-likeness (QED) is 0.517. The van der Waals surface area contributed by atoms with E-state index in [1.54, 1.807) is 0 Å². The maximum Gasteiger partial charge on any atom is 0.542 e. The predicted octanol–water partition coefficient (Wildman–Crippen LogP) is 2.18. The largest absolute Gasteiger partial charge is 0.542 e. The molecule has 70 valence electrons. The van der Waals surface area contributed by atoms with E-state index < -0.39 is 13.9 Å². The second kappa shape index (κ2) is 6.30. The fourth-order valence-electron chi connectivity index (χ4n) is 0.904. The Morgan fingerprint density at radius 2 is 2.17 bits per heavy atom. The number of aliphatic hydroxyl groups excluding tert-OH is 1. The second-order valence-corrected chi connectivity index (χ2v) is 3.69. The van der Waals surface area contributed by atoms with Gasteiger partial charge in [0.1, 0.15) is 0 Å². The van der Waals surface area contributed by atoms with E-state index in [9.17, 15) is 9.67 Å². The summed E-state index contributed by atoms with van der Waals surface area (Å²) >= 11 is 0. The normalized spacial score (nSPS) is 16.0. The van der Waals surface area contributed by atoms with Crippen LogP contribution in [0.3, 0.4) is 0 Å². The van der Waals surface area contributed by atoms with Crippen LogP contribution >= 0.6 is 8.03 Å². The molecule has 4 heteroatoms. The molecule has 0 heterocycles. The molecule has 0 aliphatic heterocycles. The van der Waals surface area contributed by atoms with Gasteiger partial charge in [0, 0.05) is 5.57 Å². The summed E-state index contributed by atoms with van der Waals surface area (Å²) in [6.45, 7) is 3.89. The van der Waals surface area contributed by atoms with Crippen LogP contribution in [0.25, 0.3) is 0 Å². The van der Waals surface area contributed by atoms with Crippen LogP contribution in [-0.4, -0.2) is 15.8 Å². The Morgan fingerprint density at radius 1 is 1.58 bits per heavy atom. The molecular weight excluding hydrogens is 175 g/mol. The van der Waals surface area contributed by atoms with Gasteiger partial charge in [-0.3, -0.25) is 0 Å². The van der Waals surface area contributed by atoms with Crippen LogP contribution in [0.2, 0.25) is 0 Å². The molecule has 0 aromatic carbocycles. The molecule has 3 nitrogen and oxygen atoms in total. The zero-order chi connectivity index (χ0) is 9.56. The highest BCUT2D eigenvalue weighted by molar-refractivity contribution is 7.38. The Morgan fingerprint density at radius 3 is 2.50 bits per heavy atom. The van der Waals surface area contributed by atoms with E-state index >= 15 is 0 Å². The first kappa shape index (κ1) is 11.8. The van der Waals surface area contributed by atoms with Gasteiger partial charge in [0.2, 0.25) is 0 Å². The van der Waals surface area contributed by atoms with Crippen molar-refractivity contribution >= 4 is 8.03 Å². The topological polar surface area (TPSA) is 57.5 Å². The third-order valence-corrected chi connectivity index (χ3v) is 2.39. The van der Waals surface area contributed by atoms with Crippen LogP contribution in [0.5, 0.6) is 0 Å². The lowest BCUT2D eigenvalue weighted by Gasteiger charge is -2.00. The van der Waals surface area contributed by atoms with Crippen molar-refractivity contribution in [2.24, 2.45) is 0 Å². The van der Waals surface area contributed by atoms with Gasteiger partial charge >= 0.3 is 13.9 Å². The maximum atomic E-state index is 10.5. The van der Waals surface area contributed by atoms with E-state index in [2.05, 4.69) is 0 Å². The van der Waals surface area contributed by atoms with Crippen molar-refractivity contribution in [3.8, 4) is 0 Å². The van der Waals surface area contributed by atoms with Gasteiger partial charge < -0.3 is 5.11 Å². The Labute approximate surface area is 74.0 Å². The summed E-state index contributed by atoms with van der Waals surface area (Å²) in [6, 6.07) is 0. The first-order chi connectivity index (χ1) is 5.63. The van der Waals surface area contributed by atoms with Gasteiger partial charge in [-0.1, -0.05) is 26.3 Å². The first-order valence-corrected chi connectivity index (χ1v) is 5.43. The standard InChI is InChI=1S/C8H15O3P/c1-3-5-6-7(4-2)8(9)12(10)11/h6,8-9H,3-5H2,1-2H3/p+1. The van der Waals surface area contributed by atoms with Crippen LogP contribution < -0.4 is 0 Å². The molecule has 0 amide bonds. The summed E-state index contributed by atoms with van der Waals surface area (Å²) in [5.74, 6) is -1.17. The van der Waals surface area contributed by atoms with Gasteiger partial charge in [-0.25, -0.2) is 0 Å². The molecule has 0 spiro atoms. The van der Waals surface area contributed by atoms with Crippen LogP contribution in [0.4, 0.5) is 0 Å². The molecule has 0 bridgehead atoms. The summed E-state index contributed by atoms with van der Waals surface area (Å²) in [7, 11) is -2.49. The average Bonchev–Trinajstić information content (AvgIpc) is 2.05. The molecule has 2 atom stereocenters. The van der Waals surface area contributed by atoms with Crippen molar-refractivity contribution in [3.63, 3.8) is 0 Å². The maximum absolute atomic E-state index is 10.5. The molecule has 0 aliphatic rings. The van der Waals surface area contributed by atoms with E-state index in [1.165, 1.54) is 0 Å². The van der Waals surface area contributed by atoms with E-state index in [0.29, 0.717) is 12.0 Å². The summed E-state index contributed by atoms with van der Waals surface area (Å²) in [4.78, 5) is 8.64.